The van der Waals surface area contributed by atoms with Gasteiger partial charge in [0.25, 0.3) is 0 Å². The number of carbonyl (C=O) groups is 2. The highest BCUT2D eigenvalue weighted by molar-refractivity contribution is 5.97. The number of nitrogens with two attached hydrogens (primary N) is 1. The second-order valence-electron chi connectivity index (χ2n) is 10.7. The van der Waals surface area contributed by atoms with Gasteiger partial charge >= 0.3 is 12.1 Å². The van der Waals surface area contributed by atoms with Crippen LogP contribution in [0, 0.1) is 0 Å². The van der Waals surface area contributed by atoms with Gasteiger partial charge in [-0.15, -0.1) is 0 Å². The van der Waals surface area contributed by atoms with Gasteiger partial charge in [-0.2, -0.15) is 0 Å². The zero-order chi connectivity index (χ0) is 25.3. The van der Waals surface area contributed by atoms with Crippen molar-refractivity contribution in [1.82, 2.24) is 9.88 Å². The number of piperidine rings is 1. The molecule has 184 valence electrons. The number of aromatic nitrogens is 1. The Morgan fingerprint density at radius 2 is 1.82 bits per heavy atom. The summed E-state index contributed by atoms with van der Waals surface area (Å²) in [6.45, 7) is 12.2. The molecule has 8 heteroatoms. The number of ether oxygens (including phenoxy) is 2. The first kappa shape index (κ1) is 25.3. The third-order valence-corrected chi connectivity index (χ3v) is 5.54. The first-order valence-corrected chi connectivity index (χ1v) is 11.5. The van der Waals surface area contributed by atoms with Gasteiger partial charge in [-0.25, -0.2) is 14.6 Å². The molecule has 2 aromatic rings. The highest BCUT2D eigenvalue weighted by atomic mass is 16.6. The van der Waals surface area contributed by atoms with Gasteiger partial charge in [-0.05, 0) is 62.8 Å². The molecule has 2 heterocycles. The fraction of sp³-hybridized carbons (Fsp3) is 0.500. The molecule has 1 amide bonds. The molecule has 0 aliphatic carbocycles. The fourth-order valence-corrected chi connectivity index (χ4v) is 3.94. The summed E-state index contributed by atoms with van der Waals surface area (Å²) in [6, 6.07) is 8.62. The molecule has 1 aliphatic heterocycles. The molecule has 8 nitrogen and oxygen atoms in total. The Balaban J connectivity index is 1.87. The molecule has 0 saturated carbocycles. The maximum absolute atomic E-state index is 13.3. The summed E-state index contributed by atoms with van der Waals surface area (Å²) in [7, 11) is 0. The Bertz CT molecular complexity index is 1070. The first-order chi connectivity index (χ1) is 15.8. The van der Waals surface area contributed by atoms with E-state index in [-0.39, 0.29) is 23.7 Å². The number of phenolic OH excluding ortho intramolecular Hbond substituents is 1. The normalized spacial score (nSPS) is 16.8. The number of hydrogen-bond acceptors (Lipinski definition) is 7. The van der Waals surface area contributed by atoms with Crippen molar-refractivity contribution in [1.29, 1.82) is 0 Å². The second-order valence-corrected chi connectivity index (χ2v) is 10.7. The lowest BCUT2D eigenvalue weighted by atomic mass is 9.83. The van der Waals surface area contributed by atoms with Crippen LogP contribution < -0.4 is 5.73 Å². The summed E-state index contributed by atoms with van der Waals surface area (Å²) >= 11 is 0. The molecule has 1 aromatic heterocycles. The minimum absolute atomic E-state index is 0.0375. The predicted molar refractivity (Wildman–Crippen MR) is 131 cm³/mol. The monoisotopic (exact) mass is 469 g/mol. The lowest BCUT2D eigenvalue weighted by molar-refractivity contribution is -0.0115. The molecule has 1 atom stereocenters. The summed E-state index contributed by atoms with van der Waals surface area (Å²) in [5, 5.41) is 10.3. The lowest BCUT2D eigenvalue weighted by Gasteiger charge is -2.34. The van der Waals surface area contributed by atoms with E-state index in [0.717, 1.165) is 0 Å². The van der Waals surface area contributed by atoms with Gasteiger partial charge in [0.05, 0.1) is 12.2 Å². The van der Waals surface area contributed by atoms with Crippen LogP contribution in [0.4, 0.5) is 10.6 Å². The van der Waals surface area contributed by atoms with Crippen LogP contribution in [0.3, 0.4) is 0 Å². The van der Waals surface area contributed by atoms with Crippen molar-refractivity contribution >= 4 is 17.9 Å². The van der Waals surface area contributed by atoms with Gasteiger partial charge in [0.2, 0.25) is 0 Å². The maximum Gasteiger partial charge on any atom is 0.410 e. The van der Waals surface area contributed by atoms with Crippen LogP contribution >= 0.6 is 0 Å². The largest absolute Gasteiger partial charge is 0.507 e. The van der Waals surface area contributed by atoms with Crippen LogP contribution in [-0.2, 0) is 14.9 Å². The van der Waals surface area contributed by atoms with Crippen LogP contribution in [0.25, 0.3) is 11.3 Å². The Labute approximate surface area is 201 Å². The second kappa shape index (κ2) is 9.52. The number of phenols is 1. The molecule has 34 heavy (non-hydrogen) atoms. The number of aromatic hydroxyl groups is 1. The molecule has 0 radical (unpaired) electrons. The number of para-hydroxylation sites is 1. The number of benzene rings is 1. The molecule has 1 fully saturated rings. The van der Waals surface area contributed by atoms with E-state index < -0.39 is 29.2 Å². The number of hydrogen-bond donors (Lipinski definition) is 2. The van der Waals surface area contributed by atoms with Crippen molar-refractivity contribution in [2.75, 3.05) is 18.8 Å². The summed E-state index contributed by atoms with van der Waals surface area (Å²) < 4.78 is 11.3. The van der Waals surface area contributed by atoms with Crippen LogP contribution in [0.15, 0.2) is 30.3 Å². The van der Waals surface area contributed by atoms with Crippen molar-refractivity contribution in [2.24, 2.45) is 0 Å². The average molecular weight is 470 g/mol. The van der Waals surface area contributed by atoms with Crippen molar-refractivity contribution in [3.63, 3.8) is 0 Å². The number of amides is 1. The minimum atomic E-state index is -0.600. The maximum atomic E-state index is 13.3. The van der Waals surface area contributed by atoms with Gasteiger partial charge in [0.1, 0.15) is 28.8 Å². The van der Waals surface area contributed by atoms with E-state index >= 15 is 0 Å². The quantitative estimate of drug-likeness (QED) is 0.615. The van der Waals surface area contributed by atoms with Crippen LogP contribution in [0.2, 0.25) is 0 Å². The van der Waals surface area contributed by atoms with Gasteiger partial charge in [-0.3, -0.25) is 0 Å². The van der Waals surface area contributed by atoms with E-state index in [9.17, 15) is 14.7 Å². The Morgan fingerprint density at radius 3 is 2.44 bits per heavy atom. The molecule has 3 rings (SSSR count). The van der Waals surface area contributed by atoms with Gasteiger partial charge in [0, 0.05) is 12.1 Å². The highest BCUT2D eigenvalue weighted by Gasteiger charge is 2.32. The summed E-state index contributed by atoms with van der Waals surface area (Å²) in [4.78, 5) is 31.7. The highest BCUT2D eigenvalue weighted by Crippen LogP contribution is 2.36. The Morgan fingerprint density at radius 1 is 1.15 bits per heavy atom. The van der Waals surface area contributed by atoms with E-state index in [1.807, 2.05) is 41.5 Å². The number of esters is 1. The van der Waals surface area contributed by atoms with Gasteiger partial charge < -0.3 is 25.2 Å². The van der Waals surface area contributed by atoms with Crippen LogP contribution in [0.5, 0.6) is 5.75 Å². The number of anilines is 1. The molecule has 1 aromatic carbocycles. The number of nitrogen functional groups attached to an aromatic ring is 1. The molecule has 1 saturated heterocycles. The third kappa shape index (κ3) is 5.98. The first-order valence-electron chi connectivity index (χ1n) is 11.5. The predicted octanol–water partition coefficient (Wildman–Crippen LogP) is 4.89. The van der Waals surface area contributed by atoms with E-state index in [1.165, 1.54) is 0 Å². The van der Waals surface area contributed by atoms with E-state index in [4.69, 9.17) is 15.2 Å². The molecular weight excluding hydrogens is 434 g/mol. The van der Waals surface area contributed by atoms with Crippen molar-refractivity contribution in [3.05, 3.63) is 41.5 Å². The lowest BCUT2D eigenvalue weighted by Crippen LogP contribution is -2.46. The number of nitrogens with zero attached hydrogens (tertiary/aromatic N) is 2. The minimum Gasteiger partial charge on any atom is -0.507 e. The topological polar surface area (TPSA) is 115 Å². The van der Waals surface area contributed by atoms with Crippen LogP contribution in [-0.4, -0.2) is 51.8 Å². The number of pyridine rings is 1. The molecule has 0 spiro atoms. The van der Waals surface area contributed by atoms with Crippen LogP contribution in [0.1, 0.15) is 70.3 Å². The Hall–Kier alpha value is -3.29. The molecule has 1 aliphatic rings. The van der Waals surface area contributed by atoms with E-state index in [2.05, 4.69) is 4.98 Å². The standard InChI is InChI=1S/C26H35N3O5/c1-25(2,3)18-14-19(17-11-7-8-12-20(17)30)28-22(27)21(18)23(31)33-16-10-9-13-29(15-16)24(32)34-26(4,5)6/h7-8,11-12,14,16,30H,9-10,13,15H2,1-6H3,(H2,27,28). The van der Waals surface area contributed by atoms with Crippen molar-refractivity contribution in [2.45, 2.75) is 71.5 Å². The SMILES string of the molecule is CC(C)(C)OC(=O)N1CCCC(OC(=O)c2c(C(C)(C)C)cc(-c3ccccc3O)nc2N)C1. The molecule has 3 N–H and O–H groups in total. The zero-order valence-corrected chi connectivity index (χ0v) is 20.8. The van der Waals surface area contributed by atoms with Crippen molar-refractivity contribution < 1.29 is 24.2 Å². The number of likely N-dealkylation sites (tertiary alicyclic amines) is 1. The zero-order valence-electron chi connectivity index (χ0n) is 20.8. The smallest absolute Gasteiger partial charge is 0.410 e. The van der Waals surface area contributed by atoms with Crippen molar-refractivity contribution in [3.8, 4) is 17.0 Å². The molecular formula is C26H35N3O5. The third-order valence-electron chi connectivity index (χ3n) is 5.54. The van der Waals surface area contributed by atoms with Gasteiger partial charge in [-0.1, -0.05) is 32.9 Å². The Kier molecular flexibility index (Phi) is 7.10. The number of rotatable bonds is 3. The molecule has 0 bridgehead atoms. The van der Waals surface area contributed by atoms with E-state index in [0.29, 0.717) is 36.2 Å². The number of carbonyl (C=O) groups excluding carboxylic acids is 2. The molecule has 1 unspecified atom stereocenters. The summed E-state index contributed by atoms with van der Waals surface area (Å²) in [6.07, 6.45) is 0.443. The van der Waals surface area contributed by atoms with E-state index in [1.54, 1.807) is 35.2 Å². The summed E-state index contributed by atoms with van der Waals surface area (Å²) in [5.74, 6) is -0.459. The summed E-state index contributed by atoms with van der Waals surface area (Å²) in [5.41, 5.74) is 7.12. The van der Waals surface area contributed by atoms with Gasteiger partial charge in [0.15, 0.2) is 0 Å². The average Bonchev–Trinajstić information content (AvgIpc) is 2.71. The fourth-order valence-electron chi connectivity index (χ4n) is 3.94.